The van der Waals surface area contributed by atoms with E-state index in [1.54, 1.807) is 0 Å². The van der Waals surface area contributed by atoms with Gasteiger partial charge >= 0.3 is 0 Å². The fraction of sp³-hybridized carbons (Fsp3) is 0.167. The van der Waals surface area contributed by atoms with E-state index in [0.717, 1.165) is 0 Å². The van der Waals surface area contributed by atoms with Crippen LogP contribution in [0.4, 0.5) is 0 Å². The summed E-state index contributed by atoms with van der Waals surface area (Å²) in [6.07, 6.45) is 4.22. The second-order valence-electron chi connectivity index (χ2n) is 3.78. The molecule has 0 atom stereocenters. The van der Waals surface area contributed by atoms with Crippen molar-refractivity contribution in [1.82, 2.24) is 9.13 Å². The number of benzene rings is 1. The molecule has 0 bridgehead atoms. The second kappa shape index (κ2) is 2.41. The molecular weight excluding hydrogens is 172 g/mol. The first-order valence-corrected chi connectivity index (χ1v) is 4.76. The SMILES string of the molecule is Cn1ccc2c3ccn(C)c3ccc21. The van der Waals surface area contributed by atoms with Gasteiger partial charge in [-0.3, -0.25) is 0 Å². The van der Waals surface area contributed by atoms with Gasteiger partial charge < -0.3 is 9.13 Å². The Kier molecular flexibility index (Phi) is 1.32. The number of nitrogens with zero attached hydrogens (tertiary/aromatic N) is 2. The zero-order valence-corrected chi connectivity index (χ0v) is 8.36. The minimum absolute atomic E-state index is 1.30. The lowest BCUT2D eigenvalue weighted by atomic mass is 10.2. The maximum absolute atomic E-state index is 2.18. The number of aryl methyl sites for hydroxylation is 2. The molecule has 70 valence electrons. The highest BCUT2D eigenvalue weighted by molar-refractivity contribution is 6.05. The lowest BCUT2D eigenvalue weighted by Gasteiger charge is -1.99. The monoisotopic (exact) mass is 184 g/mol. The van der Waals surface area contributed by atoms with Crippen LogP contribution in [0.3, 0.4) is 0 Å². The molecule has 3 aromatic rings. The minimum Gasteiger partial charge on any atom is -0.351 e. The molecule has 3 rings (SSSR count). The Balaban J connectivity index is 2.62. The van der Waals surface area contributed by atoms with E-state index in [-0.39, 0.29) is 0 Å². The Labute approximate surface area is 82.4 Å². The summed E-state index contributed by atoms with van der Waals surface area (Å²) in [7, 11) is 4.16. The zero-order chi connectivity index (χ0) is 9.71. The third-order valence-electron chi connectivity index (χ3n) is 2.93. The first-order valence-electron chi connectivity index (χ1n) is 4.76. The lowest BCUT2D eigenvalue weighted by molar-refractivity contribution is 0.964. The van der Waals surface area contributed by atoms with Gasteiger partial charge in [-0.1, -0.05) is 0 Å². The van der Waals surface area contributed by atoms with Crippen molar-refractivity contribution in [2.24, 2.45) is 14.1 Å². The molecule has 2 heteroatoms. The van der Waals surface area contributed by atoms with Crippen LogP contribution in [-0.4, -0.2) is 9.13 Å². The predicted octanol–water partition coefficient (Wildman–Crippen LogP) is 2.67. The van der Waals surface area contributed by atoms with E-state index in [1.807, 2.05) is 0 Å². The van der Waals surface area contributed by atoms with Crippen LogP contribution in [0.5, 0.6) is 0 Å². The van der Waals surface area contributed by atoms with Gasteiger partial charge in [0.05, 0.1) is 0 Å². The Morgan fingerprint density at radius 2 is 1.14 bits per heavy atom. The molecule has 0 radical (unpaired) electrons. The molecule has 14 heavy (non-hydrogen) atoms. The van der Waals surface area contributed by atoms with Crippen molar-refractivity contribution in [3.05, 3.63) is 36.7 Å². The average molecular weight is 184 g/mol. The van der Waals surface area contributed by atoms with Crippen molar-refractivity contribution < 1.29 is 0 Å². The Morgan fingerprint density at radius 1 is 0.714 bits per heavy atom. The van der Waals surface area contributed by atoms with Crippen molar-refractivity contribution in [3.8, 4) is 0 Å². The average Bonchev–Trinajstić information content (AvgIpc) is 2.72. The van der Waals surface area contributed by atoms with E-state index >= 15 is 0 Å². The zero-order valence-electron chi connectivity index (χ0n) is 8.36. The topological polar surface area (TPSA) is 9.86 Å². The molecule has 0 amide bonds. The highest BCUT2D eigenvalue weighted by Crippen LogP contribution is 2.25. The van der Waals surface area contributed by atoms with Crippen LogP contribution in [0.15, 0.2) is 36.7 Å². The molecule has 0 N–H and O–H groups in total. The smallest absolute Gasteiger partial charge is 0.0485 e. The molecule has 2 aromatic heterocycles. The molecule has 0 spiro atoms. The van der Waals surface area contributed by atoms with E-state index in [1.165, 1.54) is 21.8 Å². The fourth-order valence-corrected chi connectivity index (χ4v) is 2.11. The Hall–Kier alpha value is -1.70. The van der Waals surface area contributed by atoms with Gasteiger partial charge in [0, 0.05) is 48.3 Å². The fourth-order valence-electron chi connectivity index (χ4n) is 2.11. The van der Waals surface area contributed by atoms with Crippen molar-refractivity contribution in [2.45, 2.75) is 0 Å². The summed E-state index contributed by atoms with van der Waals surface area (Å²) in [5.41, 5.74) is 2.59. The predicted molar refractivity (Wildman–Crippen MR) is 59.4 cm³/mol. The maximum Gasteiger partial charge on any atom is 0.0485 e. The van der Waals surface area contributed by atoms with Crippen LogP contribution in [0.1, 0.15) is 0 Å². The van der Waals surface area contributed by atoms with E-state index in [0.29, 0.717) is 0 Å². The molecule has 0 aliphatic rings. The molecule has 0 unspecified atom stereocenters. The molecule has 0 saturated carbocycles. The van der Waals surface area contributed by atoms with Gasteiger partial charge in [0.1, 0.15) is 0 Å². The van der Waals surface area contributed by atoms with Gasteiger partial charge in [-0.2, -0.15) is 0 Å². The lowest BCUT2D eigenvalue weighted by Crippen LogP contribution is -1.85. The largest absolute Gasteiger partial charge is 0.351 e. The first kappa shape index (κ1) is 7.68. The molecule has 2 heterocycles. The first-order chi connectivity index (χ1) is 6.77. The number of hydrogen-bond acceptors (Lipinski definition) is 0. The van der Waals surface area contributed by atoms with Crippen LogP contribution in [0.25, 0.3) is 21.8 Å². The van der Waals surface area contributed by atoms with Crippen molar-refractivity contribution >= 4 is 21.8 Å². The summed E-state index contributed by atoms with van der Waals surface area (Å²) in [5.74, 6) is 0. The van der Waals surface area contributed by atoms with Crippen molar-refractivity contribution in [2.75, 3.05) is 0 Å². The summed E-state index contributed by atoms with van der Waals surface area (Å²) in [4.78, 5) is 0. The standard InChI is InChI=1S/C12H12N2/c1-13-7-5-9-10-6-8-14(2)12(10)4-3-11(9)13/h3-8H,1-2H3. The Morgan fingerprint density at radius 3 is 1.57 bits per heavy atom. The number of hydrogen-bond donors (Lipinski definition) is 0. The molecule has 0 aliphatic heterocycles. The van der Waals surface area contributed by atoms with Crippen LogP contribution >= 0.6 is 0 Å². The second-order valence-corrected chi connectivity index (χ2v) is 3.78. The highest BCUT2D eigenvalue weighted by Gasteiger charge is 2.04. The molecular formula is C12H12N2. The highest BCUT2D eigenvalue weighted by atomic mass is 14.9. The normalized spacial score (nSPS) is 11.6. The molecule has 0 aliphatic carbocycles. The van der Waals surface area contributed by atoms with E-state index in [4.69, 9.17) is 0 Å². The summed E-state index contributed by atoms with van der Waals surface area (Å²) in [6.45, 7) is 0. The van der Waals surface area contributed by atoms with Gasteiger partial charge in [-0.05, 0) is 24.3 Å². The summed E-state index contributed by atoms with van der Waals surface area (Å²) < 4.78 is 4.31. The van der Waals surface area contributed by atoms with E-state index in [2.05, 4.69) is 59.9 Å². The Bertz CT molecular complexity index is 558. The van der Waals surface area contributed by atoms with Gasteiger partial charge in [-0.15, -0.1) is 0 Å². The van der Waals surface area contributed by atoms with Gasteiger partial charge in [0.2, 0.25) is 0 Å². The quantitative estimate of drug-likeness (QED) is 0.508. The van der Waals surface area contributed by atoms with Crippen LogP contribution in [0, 0.1) is 0 Å². The maximum atomic E-state index is 2.18. The summed E-state index contributed by atoms with van der Waals surface area (Å²) >= 11 is 0. The number of fused-ring (bicyclic) bond motifs is 3. The van der Waals surface area contributed by atoms with Crippen molar-refractivity contribution in [1.29, 1.82) is 0 Å². The molecule has 2 nitrogen and oxygen atoms in total. The van der Waals surface area contributed by atoms with Gasteiger partial charge in [0.15, 0.2) is 0 Å². The van der Waals surface area contributed by atoms with E-state index < -0.39 is 0 Å². The number of aromatic nitrogens is 2. The van der Waals surface area contributed by atoms with Crippen LogP contribution in [0.2, 0.25) is 0 Å². The van der Waals surface area contributed by atoms with Gasteiger partial charge in [0.25, 0.3) is 0 Å². The summed E-state index contributed by atoms with van der Waals surface area (Å²) in [5, 5.41) is 2.68. The summed E-state index contributed by atoms with van der Waals surface area (Å²) in [6, 6.07) is 8.71. The van der Waals surface area contributed by atoms with Crippen LogP contribution < -0.4 is 0 Å². The molecule has 0 fully saturated rings. The molecule has 0 saturated heterocycles. The van der Waals surface area contributed by atoms with Crippen LogP contribution in [-0.2, 0) is 14.1 Å². The van der Waals surface area contributed by atoms with E-state index in [9.17, 15) is 0 Å². The third kappa shape index (κ3) is 0.803. The van der Waals surface area contributed by atoms with Gasteiger partial charge in [-0.25, -0.2) is 0 Å². The molecule has 1 aromatic carbocycles. The third-order valence-corrected chi connectivity index (χ3v) is 2.93. The minimum atomic E-state index is 1.30. The number of rotatable bonds is 0. The van der Waals surface area contributed by atoms with Crippen molar-refractivity contribution in [3.63, 3.8) is 0 Å².